The fourth-order valence-electron chi connectivity index (χ4n) is 2.87. The molecule has 2 aromatic carbocycles. The van der Waals surface area contributed by atoms with Crippen LogP contribution in [0.2, 0.25) is 0 Å². The Bertz CT molecular complexity index is 887. The molecule has 1 N–H and O–H groups in total. The quantitative estimate of drug-likeness (QED) is 0.305. The summed E-state index contributed by atoms with van der Waals surface area (Å²) in [6.07, 6.45) is 0. The number of nitrogens with zero attached hydrogens (tertiary/aromatic N) is 2. The van der Waals surface area contributed by atoms with Crippen molar-refractivity contribution in [2.75, 3.05) is 7.05 Å². The van der Waals surface area contributed by atoms with Crippen LogP contribution < -0.4 is 0 Å². The molecule has 1 atom stereocenters. The lowest BCUT2D eigenvalue weighted by Gasteiger charge is -2.20. The lowest BCUT2D eigenvalue weighted by Crippen LogP contribution is -2.24. The molecule has 7 heteroatoms. The summed E-state index contributed by atoms with van der Waals surface area (Å²) in [5.74, 6) is -1.79. The Hall–Kier alpha value is -3.48. The minimum Gasteiger partial charge on any atom is -0.507 e. The lowest BCUT2D eigenvalue weighted by atomic mass is 9.95. The average molecular weight is 338 g/mol. The van der Waals surface area contributed by atoms with Crippen LogP contribution >= 0.6 is 0 Å². The molecule has 126 valence electrons. The number of nitro benzene ring substituents is 1. The molecule has 0 aromatic heterocycles. The maximum atomic E-state index is 12.4. The fourth-order valence-corrected chi connectivity index (χ4v) is 2.87. The maximum Gasteiger partial charge on any atom is 0.295 e. The van der Waals surface area contributed by atoms with Gasteiger partial charge < -0.3 is 10.0 Å². The molecule has 1 fully saturated rings. The van der Waals surface area contributed by atoms with Gasteiger partial charge in [0.25, 0.3) is 17.4 Å². The number of aliphatic hydroxyl groups is 1. The lowest BCUT2D eigenvalue weighted by molar-refractivity contribution is -0.384. The summed E-state index contributed by atoms with van der Waals surface area (Å²) >= 11 is 0. The van der Waals surface area contributed by atoms with Gasteiger partial charge in [-0.05, 0) is 17.7 Å². The highest BCUT2D eigenvalue weighted by Gasteiger charge is 2.44. The Balaban J connectivity index is 2.13. The molecule has 25 heavy (non-hydrogen) atoms. The molecule has 1 saturated heterocycles. The third kappa shape index (κ3) is 2.76. The van der Waals surface area contributed by atoms with Crippen molar-refractivity contribution in [1.82, 2.24) is 4.90 Å². The number of hydrogen-bond acceptors (Lipinski definition) is 5. The Labute approximate surface area is 143 Å². The first-order valence-corrected chi connectivity index (χ1v) is 7.46. The first-order valence-electron chi connectivity index (χ1n) is 7.46. The van der Waals surface area contributed by atoms with Crippen LogP contribution in [0.1, 0.15) is 17.2 Å². The molecular formula is C18H14N2O5. The number of hydrogen-bond donors (Lipinski definition) is 1. The first kappa shape index (κ1) is 16.4. The van der Waals surface area contributed by atoms with E-state index < -0.39 is 22.7 Å². The van der Waals surface area contributed by atoms with Crippen molar-refractivity contribution in [3.05, 3.63) is 81.4 Å². The van der Waals surface area contributed by atoms with E-state index in [1.807, 2.05) is 0 Å². The van der Waals surface area contributed by atoms with Gasteiger partial charge in [-0.2, -0.15) is 0 Å². The van der Waals surface area contributed by atoms with Crippen LogP contribution in [0.4, 0.5) is 5.69 Å². The maximum absolute atomic E-state index is 12.4. The van der Waals surface area contributed by atoms with Crippen LogP contribution in [-0.4, -0.2) is 33.7 Å². The van der Waals surface area contributed by atoms with Crippen LogP contribution in [0.5, 0.6) is 0 Å². The van der Waals surface area contributed by atoms with E-state index in [1.165, 1.54) is 36.2 Å². The number of carbonyl (C=O) groups is 2. The van der Waals surface area contributed by atoms with E-state index in [0.29, 0.717) is 11.1 Å². The van der Waals surface area contributed by atoms with E-state index in [-0.39, 0.29) is 17.0 Å². The van der Waals surface area contributed by atoms with E-state index in [4.69, 9.17) is 0 Å². The van der Waals surface area contributed by atoms with Crippen LogP contribution in [0, 0.1) is 10.1 Å². The largest absolute Gasteiger partial charge is 0.507 e. The first-order chi connectivity index (χ1) is 11.9. The topological polar surface area (TPSA) is 101 Å². The second-order valence-corrected chi connectivity index (χ2v) is 5.62. The molecule has 0 unspecified atom stereocenters. The Morgan fingerprint density at radius 3 is 2.24 bits per heavy atom. The number of likely N-dealkylation sites (N-methyl/N-ethyl adjacent to an activating group) is 1. The highest BCUT2D eigenvalue weighted by Crippen LogP contribution is 2.38. The summed E-state index contributed by atoms with van der Waals surface area (Å²) < 4.78 is 0. The smallest absolute Gasteiger partial charge is 0.295 e. The third-order valence-corrected chi connectivity index (χ3v) is 4.14. The van der Waals surface area contributed by atoms with Gasteiger partial charge in [-0.15, -0.1) is 0 Å². The number of amides is 1. The minimum absolute atomic E-state index is 0.0347. The van der Waals surface area contributed by atoms with Gasteiger partial charge in [0.2, 0.25) is 0 Å². The van der Waals surface area contributed by atoms with Crippen molar-refractivity contribution in [1.29, 1.82) is 0 Å². The zero-order valence-electron chi connectivity index (χ0n) is 13.2. The van der Waals surface area contributed by atoms with E-state index in [9.17, 15) is 24.8 Å². The zero-order valence-corrected chi connectivity index (χ0v) is 13.2. The van der Waals surface area contributed by atoms with Gasteiger partial charge in [-0.1, -0.05) is 30.3 Å². The second kappa shape index (κ2) is 6.20. The SMILES string of the molecule is CN1C(=O)C(=O)C(=C(O)c2ccccc2)[C@@H]1c1ccc([N+](=O)[O-])cc1. The van der Waals surface area contributed by atoms with E-state index in [1.54, 1.807) is 30.3 Å². The molecule has 0 spiro atoms. The van der Waals surface area contributed by atoms with Gasteiger partial charge >= 0.3 is 0 Å². The minimum atomic E-state index is -0.805. The molecule has 1 heterocycles. The molecule has 0 aliphatic carbocycles. The van der Waals surface area contributed by atoms with E-state index >= 15 is 0 Å². The number of rotatable bonds is 3. The number of carbonyl (C=O) groups excluding carboxylic acids is 2. The van der Waals surface area contributed by atoms with Crippen LogP contribution in [-0.2, 0) is 9.59 Å². The van der Waals surface area contributed by atoms with Crippen LogP contribution in [0.15, 0.2) is 60.2 Å². The number of benzene rings is 2. The molecule has 0 bridgehead atoms. The molecular weight excluding hydrogens is 324 g/mol. The van der Waals surface area contributed by atoms with Gasteiger partial charge in [0.1, 0.15) is 5.76 Å². The Morgan fingerprint density at radius 1 is 1.08 bits per heavy atom. The summed E-state index contributed by atoms with van der Waals surface area (Å²) in [6, 6.07) is 13.2. The summed E-state index contributed by atoms with van der Waals surface area (Å²) in [5, 5.41) is 21.4. The fraction of sp³-hybridized carbons (Fsp3) is 0.111. The zero-order chi connectivity index (χ0) is 18.1. The third-order valence-electron chi connectivity index (χ3n) is 4.14. The predicted octanol–water partition coefficient (Wildman–Crippen LogP) is 2.65. The summed E-state index contributed by atoms with van der Waals surface area (Å²) in [4.78, 5) is 36.0. The second-order valence-electron chi connectivity index (χ2n) is 5.62. The van der Waals surface area contributed by atoms with Gasteiger partial charge in [0, 0.05) is 24.7 Å². The van der Waals surface area contributed by atoms with Crippen LogP contribution in [0.25, 0.3) is 5.76 Å². The van der Waals surface area contributed by atoms with E-state index in [2.05, 4.69) is 0 Å². The number of likely N-dealkylation sites (tertiary alicyclic amines) is 1. The van der Waals surface area contributed by atoms with Crippen molar-refractivity contribution >= 4 is 23.1 Å². The molecule has 0 radical (unpaired) electrons. The Kier molecular flexibility index (Phi) is 4.06. The van der Waals surface area contributed by atoms with Gasteiger partial charge in [-0.3, -0.25) is 19.7 Å². The summed E-state index contributed by atoms with van der Waals surface area (Å²) in [7, 11) is 1.46. The number of nitro groups is 1. The summed E-state index contributed by atoms with van der Waals surface area (Å²) in [6.45, 7) is 0. The number of Topliss-reactive ketones (excluding diaryl/α,β-unsaturated/α-hetero) is 1. The van der Waals surface area contributed by atoms with Crippen molar-refractivity contribution < 1.29 is 19.6 Å². The molecule has 3 rings (SSSR count). The highest BCUT2D eigenvalue weighted by atomic mass is 16.6. The average Bonchev–Trinajstić information content (AvgIpc) is 2.86. The van der Waals surface area contributed by atoms with Crippen LogP contribution in [0.3, 0.4) is 0 Å². The predicted molar refractivity (Wildman–Crippen MR) is 89.6 cm³/mol. The standard InChI is InChI=1S/C18H14N2O5/c1-19-15(11-7-9-13(10-8-11)20(24)25)14(17(22)18(19)23)16(21)12-5-3-2-4-6-12/h2-10,15,21H,1H3/t15-/m0/s1. The number of ketones is 1. The van der Waals surface area contributed by atoms with E-state index in [0.717, 1.165) is 0 Å². The Morgan fingerprint density at radius 2 is 1.68 bits per heavy atom. The van der Waals surface area contributed by atoms with Crippen molar-refractivity contribution in [3.8, 4) is 0 Å². The molecule has 2 aromatic rings. The monoisotopic (exact) mass is 338 g/mol. The normalized spacial score (nSPS) is 19.2. The molecule has 0 saturated carbocycles. The molecule has 7 nitrogen and oxygen atoms in total. The molecule has 1 aliphatic heterocycles. The van der Waals surface area contributed by atoms with Crippen molar-refractivity contribution in [2.45, 2.75) is 6.04 Å². The van der Waals surface area contributed by atoms with Gasteiger partial charge in [-0.25, -0.2) is 0 Å². The molecule has 1 amide bonds. The van der Waals surface area contributed by atoms with Gasteiger partial charge in [0.15, 0.2) is 0 Å². The molecule has 1 aliphatic rings. The van der Waals surface area contributed by atoms with Crippen molar-refractivity contribution in [3.63, 3.8) is 0 Å². The number of non-ortho nitro benzene ring substituents is 1. The van der Waals surface area contributed by atoms with Gasteiger partial charge in [0.05, 0.1) is 16.5 Å². The summed E-state index contributed by atoms with van der Waals surface area (Å²) in [5.41, 5.74) is 0.790. The number of aliphatic hydroxyl groups excluding tert-OH is 1. The van der Waals surface area contributed by atoms with Crippen molar-refractivity contribution in [2.24, 2.45) is 0 Å². The highest BCUT2D eigenvalue weighted by molar-refractivity contribution is 6.46.